The maximum atomic E-state index is 13.8. The Bertz CT molecular complexity index is 1450. The summed E-state index contributed by atoms with van der Waals surface area (Å²) in [4.78, 5) is 26.2. The van der Waals surface area contributed by atoms with Crippen LogP contribution >= 0.6 is 11.3 Å². The molecule has 0 aliphatic carbocycles. The predicted molar refractivity (Wildman–Crippen MR) is 125 cm³/mol. The van der Waals surface area contributed by atoms with Crippen LogP contribution in [0.5, 0.6) is 0 Å². The second kappa shape index (κ2) is 8.28. The fourth-order valence-corrected chi connectivity index (χ4v) is 4.34. The Balaban J connectivity index is 1.44. The van der Waals surface area contributed by atoms with Gasteiger partial charge in [0.2, 0.25) is 0 Å². The van der Waals surface area contributed by atoms with Gasteiger partial charge in [-0.05, 0) is 55.5 Å². The first-order chi connectivity index (χ1) is 15.6. The first kappa shape index (κ1) is 20.0. The van der Waals surface area contributed by atoms with E-state index in [9.17, 15) is 9.18 Å². The highest BCUT2D eigenvalue weighted by Gasteiger charge is 2.14. The molecule has 3 aromatic heterocycles. The van der Waals surface area contributed by atoms with Crippen molar-refractivity contribution >= 4 is 33.8 Å². The molecule has 3 heterocycles. The number of anilines is 1. The summed E-state index contributed by atoms with van der Waals surface area (Å²) >= 11 is 1.55. The number of halogens is 1. The number of nitrogens with zero attached hydrogens (tertiary/aromatic N) is 3. The zero-order valence-electron chi connectivity index (χ0n) is 17.0. The van der Waals surface area contributed by atoms with E-state index in [-0.39, 0.29) is 5.91 Å². The molecular formula is C25H17FN4OS. The average Bonchev–Trinajstić information content (AvgIpc) is 3.30. The Morgan fingerprint density at radius 2 is 1.81 bits per heavy atom. The summed E-state index contributed by atoms with van der Waals surface area (Å²) in [6, 6.07) is 17.3. The Kier molecular flexibility index (Phi) is 5.17. The van der Waals surface area contributed by atoms with Crippen molar-refractivity contribution < 1.29 is 9.18 Å². The van der Waals surface area contributed by atoms with E-state index >= 15 is 0 Å². The van der Waals surface area contributed by atoms with Crippen molar-refractivity contribution in [3.8, 4) is 21.8 Å². The number of aromatic nitrogens is 3. The van der Waals surface area contributed by atoms with Gasteiger partial charge in [-0.25, -0.2) is 9.37 Å². The highest BCUT2D eigenvalue weighted by atomic mass is 32.1. The third-order valence-corrected chi connectivity index (χ3v) is 5.88. The number of hydrogen-bond donors (Lipinski definition) is 1. The number of carbonyl (C=O) groups excluding carboxylic acids is 1. The fourth-order valence-electron chi connectivity index (χ4n) is 3.51. The monoisotopic (exact) mass is 440 g/mol. The van der Waals surface area contributed by atoms with Crippen molar-refractivity contribution in [1.29, 1.82) is 0 Å². The van der Waals surface area contributed by atoms with Crippen molar-refractivity contribution in [2.75, 3.05) is 5.32 Å². The van der Waals surface area contributed by atoms with E-state index in [0.717, 1.165) is 21.8 Å². The molecule has 0 unspecified atom stereocenters. The summed E-state index contributed by atoms with van der Waals surface area (Å²) in [6.45, 7) is 1.81. The third kappa shape index (κ3) is 3.98. The molecule has 5 nitrogen and oxygen atoms in total. The normalized spacial score (nSPS) is 10.9. The van der Waals surface area contributed by atoms with Gasteiger partial charge in [0, 0.05) is 45.7 Å². The smallest absolute Gasteiger partial charge is 0.256 e. The van der Waals surface area contributed by atoms with Crippen LogP contribution < -0.4 is 5.32 Å². The Hall–Kier alpha value is -3.97. The third-order valence-electron chi connectivity index (χ3n) is 4.99. The van der Waals surface area contributed by atoms with Gasteiger partial charge in [0.1, 0.15) is 10.8 Å². The van der Waals surface area contributed by atoms with E-state index in [0.29, 0.717) is 27.8 Å². The molecule has 5 aromatic rings. The second-order valence-corrected chi connectivity index (χ2v) is 8.14. The Morgan fingerprint density at radius 1 is 0.969 bits per heavy atom. The second-order valence-electron chi connectivity index (χ2n) is 7.28. The first-order valence-electron chi connectivity index (χ1n) is 9.91. The van der Waals surface area contributed by atoms with Crippen LogP contribution in [0.2, 0.25) is 0 Å². The van der Waals surface area contributed by atoms with E-state index in [2.05, 4.69) is 15.3 Å². The molecule has 32 heavy (non-hydrogen) atoms. The lowest BCUT2D eigenvalue weighted by Gasteiger charge is -2.10. The molecule has 1 amide bonds. The van der Waals surface area contributed by atoms with Gasteiger partial charge >= 0.3 is 0 Å². The highest BCUT2D eigenvalue weighted by molar-refractivity contribution is 7.13. The molecule has 0 bridgehead atoms. The van der Waals surface area contributed by atoms with Gasteiger partial charge in [-0.15, -0.1) is 11.3 Å². The minimum atomic E-state index is -0.410. The molecule has 0 fully saturated rings. The van der Waals surface area contributed by atoms with Crippen LogP contribution in [0.15, 0.2) is 78.4 Å². The van der Waals surface area contributed by atoms with Gasteiger partial charge in [-0.2, -0.15) is 0 Å². The standard InChI is InChI=1S/C25H17FN4OS/c1-15-11-21(20-13-18(26)5-6-22(20)28-15)24(31)29-19-4-2-3-17(12-19)23-14-32-25(30-23)16-7-9-27-10-8-16/h2-14H,1H3,(H,29,31). The van der Waals surface area contributed by atoms with Gasteiger partial charge in [-0.1, -0.05) is 12.1 Å². The van der Waals surface area contributed by atoms with Crippen LogP contribution in [0, 0.1) is 12.7 Å². The van der Waals surface area contributed by atoms with Crippen LogP contribution in [0.4, 0.5) is 10.1 Å². The zero-order valence-corrected chi connectivity index (χ0v) is 17.9. The quantitative estimate of drug-likeness (QED) is 0.366. The molecule has 7 heteroatoms. The van der Waals surface area contributed by atoms with Crippen LogP contribution in [-0.4, -0.2) is 20.9 Å². The van der Waals surface area contributed by atoms with E-state index in [1.54, 1.807) is 35.9 Å². The Morgan fingerprint density at radius 3 is 2.66 bits per heavy atom. The molecule has 0 aliphatic rings. The summed E-state index contributed by atoms with van der Waals surface area (Å²) < 4.78 is 13.8. The minimum absolute atomic E-state index is 0.320. The molecule has 0 atom stereocenters. The van der Waals surface area contributed by atoms with Gasteiger partial charge in [0.05, 0.1) is 16.8 Å². The van der Waals surface area contributed by atoms with Gasteiger partial charge in [0.15, 0.2) is 0 Å². The van der Waals surface area contributed by atoms with Crippen LogP contribution in [-0.2, 0) is 0 Å². The molecule has 0 saturated carbocycles. The zero-order chi connectivity index (χ0) is 22.1. The van der Waals surface area contributed by atoms with Crippen LogP contribution in [0.3, 0.4) is 0 Å². The van der Waals surface area contributed by atoms with Crippen molar-refractivity contribution in [3.63, 3.8) is 0 Å². The van der Waals surface area contributed by atoms with Gasteiger partial charge in [0.25, 0.3) is 5.91 Å². The number of rotatable bonds is 4. The number of hydrogen-bond acceptors (Lipinski definition) is 5. The minimum Gasteiger partial charge on any atom is -0.322 e. The molecular weight excluding hydrogens is 423 g/mol. The summed E-state index contributed by atoms with van der Waals surface area (Å²) in [5.41, 5.74) is 5.00. The molecule has 0 radical (unpaired) electrons. The number of benzene rings is 2. The molecule has 0 spiro atoms. The van der Waals surface area contributed by atoms with Gasteiger partial charge < -0.3 is 5.32 Å². The number of thiazole rings is 1. The fraction of sp³-hybridized carbons (Fsp3) is 0.0400. The number of nitrogens with one attached hydrogen (secondary N) is 1. The summed E-state index contributed by atoms with van der Waals surface area (Å²) in [6.07, 6.45) is 3.48. The molecule has 5 rings (SSSR count). The highest BCUT2D eigenvalue weighted by Crippen LogP contribution is 2.30. The molecule has 0 aliphatic heterocycles. The SMILES string of the molecule is Cc1cc(C(=O)Nc2cccc(-c3csc(-c4ccncc4)n3)c2)c2cc(F)ccc2n1. The average molecular weight is 441 g/mol. The lowest BCUT2D eigenvalue weighted by Crippen LogP contribution is -2.13. The molecule has 1 N–H and O–H groups in total. The lowest BCUT2D eigenvalue weighted by molar-refractivity contribution is 0.102. The molecule has 0 saturated heterocycles. The predicted octanol–water partition coefficient (Wildman–Crippen LogP) is 6.12. The van der Waals surface area contributed by atoms with Crippen molar-refractivity contribution in [2.45, 2.75) is 6.92 Å². The van der Waals surface area contributed by atoms with Crippen LogP contribution in [0.25, 0.3) is 32.7 Å². The number of amides is 1. The summed E-state index contributed by atoms with van der Waals surface area (Å²) in [5.74, 6) is -0.730. The van der Waals surface area contributed by atoms with Crippen LogP contribution in [0.1, 0.15) is 16.1 Å². The number of pyridine rings is 2. The van der Waals surface area contributed by atoms with Crippen molar-refractivity contribution in [2.24, 2.45) is 0 Å². The maximum absolute atomic E-state index is 13.8. The number of aryl methyl sites for hydroxylation is 1. The number of fused-ring (bicyclic) bond motifs is 1. The van der Waals surface area contributed by atoms with E-state index in [4.69, 9.17) is 4.98 Å². The molecule has 2 aromatic carbocycles. The van der Waals surface area contributed by atoms with Crippen molar-refractivity contribution in [1.82, 2.24) is 15.0 Å². The maximum Gasteiger partial charge on any atom is 0.256 e. The van der Waals surface area contributed by atoms with Crippen molar-refractivity contribution in [3.05, 3.63) is 95.5 Å². The number of carbonyl (C=O) groups is 1. The lowest BCUT2D eigenvalue weighted by atomic mass is 10.1. The summed E-state index contributed by atoms with van der Waals surface area (Å²) in [7, 11) is 0. The summed E-state index contributed by atoms with van der Waals surface area (Å²) in [5, 5.41) is 6.29. The largest absolute Gasteiger partial charge is 0.322 e. The van der Waals surface area contributed by atoms with E-state index < -0.39 is 5.82 Å². The topological polar surface area (TPSA) is 67.8 Å². The van der Waals surface area contributed by atoms with Gasteiger partial charge in [-0.3, -0.25) is 14.8 Å². The van der Waals surface area contributed by atoms with E-state index in [1.165, 1.54) is 12.1 Å². The van der Waals surface area contributed by atoms with E-state index in [1.807, 2.05) is 48.7 Å². The first-order valence-corrected chi connectivity index (χ1v) is 10.8. The Labute approximate surface area is 187 Å². The molecule has 156 valence electrons.